The van der Waals surface area contributed by atoms with E-state index >= 15 is 0 Å². The lowest BCUT2D eigenvalue weighted by Crippen LogP contribution is -2.08. The van der Waals surface area contributed by atoms with Gasteiger partial charge in [0.15, 0.2) is 0 Å². The van der Waals surface area contributed by atoms with Crippen molar-refractivity contribution < 1.29 is 4.39 Å². The quantitative estimate of drug-likeness (QED) is 0.810. The van der Waals surface area contributed by atoms with Gasteiger partial charge in [-0.25, -0.2) is 4.98 Å². The molecule has 1 heterocycles. The van der Waals surface area contributed by atoms with Gasteiger partial charge in [0.25, 0.3) is 0 Å². The lowest BCUT2D eigenvalue weighted by Gasteiger charge is -2.15. The molecule has 94 valence electrons. The first-order valence-electron chi connectivity index (χ1n) is 5.86. The van der Waals surface area contributed by atoms with Gasteiger partial charge >= 0.3 is 0 Å². The van der Waals surface area contributed by atoms with E-state index in [0.717, 1.165) is 11.3 Å². The summed E-state index contributed by atoms with van der Waals surface area (Å²) in [5, 5.41) is 6.26. The van der Waals surface area contributed by atoms with Gasteiger partial charge in [0.1, 0.15) is 5.82 Å². The number of rotatable bonds is 4. The fraction of sp³-hybridized carbons (Fsp3) is 0.214. The molecular formula is C14H16FN3. The molecule has 0 saturated heterocycles. The maximum Gasteiger partial charge on any atom is 0.214 e. The first-order valence-corrected chi connectivity index (χ1v) is 5.86. The molecule has 2 aromatic rings. The van der Waals surface area contributed by atoms with Gasteiger partial charge in [-0.3, -0.25) is 0 Å². The van der Waals surface area contributed by atoms with E-state index in [0.29, 0.717) is 5.82 Å². The van der Waals surface area contributed by atoms with Crippen molar-refractivity contribution in [3.63, 3.8) is 0 Å². The third-order valence-electron chi connectivity index (χ3n) is 2.75. The van der Waals surface area contributed by atoms with Crippen LogP contribution in [0.4, 0.5) is 15.9 Å². The number of pyridine rings is 1. The summed E-state index contributed by atoms with van der Waals surface area (Å²) in [5.41, 5.74) is 2.17. The van der Waals surface area contributed by atoms with E-state index in [1.165, 1.54) is 6.07 Å². The fourth-order valence-electron chi connectivity index (χ4n) is 1.76. The van der Waals surface area contributed by atoms with Crippen molar-refractivity contribution in [1.29, 1.82) is 0 Å². The van der Waals surface area contributed by atoms with Crippen LogP contribution in [0.25, 0.3) is 0 Å². The van der Waals surface area contributed by atoms with Crippen molar-refractivity contribution in [2.45, 2.75) is 13.0 Å². The topological polar surface area (TPSA) is 37.0 Å². The van der Waals surface area contributed by atoms with Gasteiger partial charge in [-0.2, -0.15) is 4.39 Å². The molecule has 0 aliphatic rings. The molecule has 18 heavy (non-hydrogen) atoms. The highest BCUT2D eigenvalue weighted by atomic mass is 19.1. The standard InChI is InChI=1S/C14H16FN3/c1-10(11-5-3-6-12(9-11)16-2)17-14-8-4-7-13(15)18-14/h3-10,16H,1-2H3,(H,17,18). The van der Waals surface area contributed by atoms with Crippen molar-refractivity contribution in [2.75, 3.05) is 17.7 Å². The number of benzene rings is 1. The van der Waals surface area contributed by atoms with Gasteiger partial charge in [-0.05, 0) is 36.8 Å². The maximum absolute atomic E-state index is 13.0. The number of halogens is 1. The van der Waals surface area contributed by atoms with Gasteiger partial charge in [0.2, 0.25) is 5.95 Å². The number of hydrogen-bond donors (Lipinski definition) is 2. The van der Waals surface area contributed by atoms with Gasteiger partial charge in [-0.1, -0.05) is 18.2 Å². The SMILES string of the molecule is CNc1cccc(C(C)Nc2cccc(F)n2)c1. The molecule has 0 aliphatic carbocycles. The van der Waals surface area contributed by atoms with Crippen LogP contribution < -0.4 is 10.6 Å². The zero-order valence-corrected chi connectivity index (χ0v) is 10.4. The van der Waals surface area contributed by atoms with Gasteiger partial charge in [0.05, 0.1) is 6.04 Å². The lowest BCUT2D eigenvalue weighted by molar-refractivity contribution is 0.584. The minimum atomic E-state index is -0.476. The van der Waals surface area contributed by atoms with Crippen LogP contribution in [0.15, 0.2) is 42.5 Å². The van der Waals surface area contributed by atoms with Crippen molar-refractivity contribution >= 4 is 11.5 Å². The number of nitrogens with one attached hydrogen (secondary N) is 2. The van der Waals surface area contributed by atoms with Crippen LogP contribution in [0, 0.1) is 5.95 Å². The molecule has 1 atom stereocenters. The summed E-state index contributed by atoms with van der Waals surface area (Å²) in [6.45, 7) is 2.02. The zero-order chi connectivity index (χ0) is 13.0. The molecular weight excluding hydrogens is 229 g/mol. The van der Waals surface area contributed by atoms with Crippen molar-refractivity contribution in [3.05, 3.63) is 54.0 Å². The van der Waals surface area contributed by atoms with Crippen LogP contribution in [-0.4, -0.2) is 12.0 Å². The number of hydrogen-bond acceptors (Lipinski definition) is 3. The van der Waals surface area contributed by atoms with E-state index < -0.39 is 5.95 Å². The van der Waals surface area contributed by atoms with Crippen molar-refractivity contribution in [1.82, 2.24) is 4.98 Å². The van der Waals surface area contributed by atoms with Crippen molar-refractivity contribution in [2.24, 2.45) is 0 Å². The number of anilines is 2. The summed E-state index contributed by atoms with van der Waals surface area (Å²) >= 11 is 0. The minimum absolute atomic E-state index is 0.0626. The molecule has 0 bridgehead atoms. The van der Waals surface area contributed by atoms with Gasteiger partial charge < -0.3 is 10.6 Å². The van der Waals surface area contributed by atoms with Gasteiger partial charge in [0, 0.05) is 12.7 Å². The molecule has 0 aliphatic heterocycles. The van der Waals surface area contributed by atoms with E-state index in [4.69, 9.17) is 0 Å². The zero-order valence-electron chi connectivity index (χ0n) is 10.4. The normalized spacial score (nSPS) is 11.9. The second kappa shape index (κ2) is 5.49. The van der Waals surface area contributed by atoms with Crippen LogP contribution >= 0.6 is 0 Å². The summed E-state index contributed by atoms with van der Waals surface area (Å²) in [6.07, 6.45) is 0. The number of nitrogens with zero attached hydrogens (tertiary/aromatic N) is 1. The smallest absolute Gasteiger partial charge is 0.214 e. The highest BCUT2D eigenvalue weighted by Crippen LogP contribution is 2.20. The summed E-state index contributed by atoms with van der Waals surface area (Å²) in [5.74, 6) is 0.0635. The monoisotopic (exact) mass is 245 g/mol. The Morgan fingerprint density at radius 1 is 1.17 bits per heavy atom. The molecule has 0 saturated carbocycles. The Bertz CT molecular complexity index is 528. The van der Waals surface area contributed by atoms with E-state index in [-0.39, 0.29) is 6.04 Å². The van der Waals surface area contributed by atoms with Crippen molar-refractivity contribution in [3.8, 4) is 0 Å². The van der Waals surface area contributed by atoms with Crippen LogP contribution in [0.3, 0.4) is 0 Å². The highest BCUT2D eigenvalue weighted by Gasteiger charge is 2.06. The summed E-state index contributed by atoms with van der Waals surface area (Å²) in [4.78, 5) is 3.79. The largest absolute Gasteiger partial charge is 0.388 e. The van der Waals surface area contributed by atoms with E-state index in [9.17, 15) is 4.39 Å². The lowest BCUT2D eigenvalue weighted by atomic mass is 10.1. The van der Waals surface area contributed by atoms with Crippen LogP contribution in [0.2, 0.25) is 0 Å². The number of aromatic nitrogens is 1. The predicted octanol–water partition coefficient (Wildman–Crippen LogP) is 3.44. The molecule has 0 amide bonds. The Morgan fingerprint density at radius 3 is 2.67 bits per heavy atom. The Morgan fingerprint density at radius 2 is 1.94 bits per heavy atom. The van der Waals surface area contributed by atoms with E-state index in [1.807, 2.05) is 32.2 Å². The Balaban J connectivity index is 2.13. The van der Waals surface area contributed by atoms with Gasteiger partial charge in [-0.15, -0.1) is 0 Å². The Kier molecular flexibility index (Phi) is 3.77. The fourth-order valence-corrected chi connectivity index (χ4v) is 1.76. The molecule has 3 nitrogen and oxygen atoms in total. The van der Waals surface area contributed by atoms with Crippen LogP contribution in [0.5, 0.6) is 0 Å². The predicted molar refractivity (Wildman–Crippen MR) is 72.2 cm³/mol. The minimum Gasteiger partial charge on any atom is -0.388 e. The molecule has 2 N–H and O–H groups in total. The molecule has 0 spiro atoms. The molecule has 1 aromatic carbocycles. The average Bonchev–Trinajstić information content (AvgIpc) is 2.39. The molecule has 0 radical (unpaired) electrons. The molecule has 4 heteroatoms. The summed E-state index contributed by atoms with van der Waals surface area (Å²) in [7, 11) is 1.88. The molecule has 1 aromatic heterocycles. The van der Waals surface area contributed by atoms with Crippen LogP contribution in [0.1, 0.15) is 18.5 Å². The van der Waals surface area contributed by atoms with E-state index in [1.54, 1.807) is 12.1 Å². The highest BCUT2D eigenvalue weighted by molar-refractivity contribution is 5.47. The first kappa shape index (κ1) is 12.4. The molecule has 0 fully saturated rings. The maximum atomic E-state index is 13.0. The third kappa shape index (κ3) is 2.97. The average molecular weight is 245 g/mol. The second-order valence-electron chi connectivity index (χ2n) is 4.09. The summed E-state index contributed by atoms with van der Waals surface area (Å²) < 4.78 is 13.0. The Hall–Kier alpha value is -2.10. The van der Waals surface area contributed by atoms with Crippen LogP contribution in [-0.2, 0) is 0 Å². The first-order chi connectivity index (χ1) is 8.69. The van der Waals surface area contributed by atoms with E-state index in [2.05, 4.69) is 21.7 Å². The third-order valence-corrected chi connectivity index (χ3v) is 2.75. The second-order valence-corrected chi connectivity index (χ2v) is 4.09. The summed E-state index contributed by atoms with van der Waals surface area (Å²) in [6, 6.07) is 12.8. The molecule has 1 unspecified atom stereocenters. The Labute approximate surface area is 106 Å². The molecule has 2 rings (SSSR count).